The summed E-state index contributed by atoms with van der Waals surface area (Å²) in [6.45, 7) is 6.83. The van der Waals surface area contributed by atoms with Gasteiger partial charge >= 0.3 is 5.97 Å². The monoisotopic (exact) mass is 1180 g/mol. The number of hydrogen-bond donors (Lipinski definition) is 1. The summed E-state index contributed by atoms with van der Waals surface area (Å²) >= 11 is 0. The van der Waals surface area contributed by atoms with Crippen molar-refractivity contribution in [2.75, 3.05) is 40.9 Å². The van der Waals surface area contributed by atoms with Crippen LogP contribution in [-0.2, 0) is 27.9 Å². The second-order valence-corrected chi connectivity index (χ2v) is 26.4. The molecule has 1 amide bonds. The molecule has 0 saturated carbocycles. The van der Waals surface area contributed by atoms with Gasteiger partial charge in [-0.15, -0.1) is 0 Å². The van der Waals surface area contributed by atoms with Gasteiger partial charge in [0.25, 0.3) is 7.82 Å². The number of phosphoric acid groups is 1. The molecule has 1 N–H and O–H groups in total. The number of ether oxygens (including phenoxy) is 1. The first-order valence-electron chi connectivity index (χ1n) is 35.2. The number of amides is 1. The fourth-order valence-electron chi connectivity index (χ4n) is 10.1. The molecule has 0 spiro atoms. The molecule has 10 heteroatoms. The highest BCUT2D eigenvalue weighted by atomic mass is 31.2. The molecule has 484 valence electrons. The maximum Gasteiger partial charge on any atom is 0.306 e. The molecule has 0 radical (unpaired) electrons. The summed E-state index contributed by atoms with van der Waals surface area (Å²) < 4.78 is 30.4. The van der Waals surface area contributed by atoms with E-state index >= 15 is 0 Å². The van der Waals surface area contributed by atoms with E-state index in [1.807, 2.05) is 33.3 Å². The SMILES string of the molecule is CCCCC/C=C\C/C=C\C/C=C\C/C=C\CCCCCCCCCCCCCC(=O)OC(/C=C\CCCCCCCCCCC)C(COP(=O)([O-])OCC[N+](C)(C)C)NC(=O)CCCCCCCCCCC/C=C/CCCCCCCC. The molecule has 0 fully saturated rings. The lowest BCUT2D eigenvalue weighted by atomic mass is 10.0. The van der Waals surface area contributed by atoms with Crippen molar-refractivity contribution in [1.82, 2.24) is 5.32 Å². The minimum atomic E-state index is -4.70. The van der Waals surface area contributed by atoms with Crippen molar-refractivity contribution in [3.63, 3.8) is 0 Å². The first-order valence-corrected chi connectivity index (χ1v) is 36.7. The molecular formula is C73H135N2O7P. The molecule has 0 rings (SSSR count). The lowest BCUT2D eigenvalue weighted by Crippen LogP contribution is -2.47. The molecule has 3 unspecified atom stereocenters. The van der Waals surface area contributed by atoms with Crippen molar-refractivity contribution >= 4 is 19.7 Å². The van der Waals surface area contributed by atoms with Gasteiger partial charge in [0.15, 0.2) is 0 Å². The van der Waals surface area contributed by atoms with Gasteiger partial charge in [0, 0.05) is 12.8 Å². The first kappa shape index (κ1) is 80.5. The third kappa shape index (κ3) is 63.8. The molecule has 0 bridgehead atoms. The average Bonchev–Trinajstić information content (AvgIpc) is 3.51. The van der Waals surface area contributed by atoms with Gasteiger partial charge in [-0.1, -0.05) is 287 Å². The summed E-state index contributed by atoms with van der Waals surface area (Å²) in [5, 5.41) is 3.04. The van der Waals surface area contributed by atoms with Crippen molar-refractivity contribution in [1.29, 1.82) is 0 Å². The van der Waals surface area contributed by atoms with Crippen LogP contribution in [0.4, 0.5) is 0 Å². The quantitative estimate of drug-likeness (QED) is 0.0212. The van der Waals surface area contributed by atoms with Gasteiger partial charge in [-0.2, -0.15) is 0 Å². The lowest BCUT2D eigenvalue weighted by Gasteiger charge is -2.30. The zero-order valence-electron chi connectivity index (χ0n) is 55.4. The average molecular weight is 1180 g/mol. The predicted molar refractivity (Wildman–Crippen MR) is 358 cm³/mol. The smallest absolute Gasteiger partial charge is 0.306 e. The van der Waals surface area contributed by atoms with E-state index in [0.717, 1.165) is 77.0 Å². The highest BCUT2D eigenvalue weighted by molar-refractivity contribution is 7.45. The summed E-state index contributed by atoms with van der Waals surface area (Å²) in [6, 6.07) is -0.893. The Morgan fingerprint density at radius 1 is 0.422 bits per heavy atom. The number of carbonyl (C=O) groups is 2. The normalized spacial score (nSPS) is 14.0. The van der Waals surface area contributed by atoms with Crippen molar-refractivity contribution in [2.24, 2.45) is 0 Å². The third-order valence-electron chi connectivity index (χ3n) is 15.6. The number of unbranched alkanes of at least 4 members (excludes halogenated alkanes) is 38. The van der Waals surface area contributed by atoms with Crippen LogP contribution in [0, 0.1) is 0 Å². The van der Waals surface area contributed by atoms with Gasteiger partial charge < -0.3 is 28.5 Å². The predicted octanol–water partition coefficient (Wildman–Crippen LogP) is 21.7. The molecule has 3 atom stereocenters. The fraction of sp³-hybridized carbons (Fsp3) is 0.808. The topological polar surface area (TPSA) is 114 Å². The van der Waals surface area contributed by atoms with E-state index in [2.05, 4.69) is 86.8 Å². The summed E-state index contributed by atoms with van der Waals surface area (Å²) in [4.78, 5) is 40.1. The number of quaternary nitrogens is 1. The molecule has 0 heterocycles. The third-order valence-corrected chi connectivity index (χ3v) is 16.6. The molecule has 0 aromatic rings. The van der Waals surface area contributed by atoms with Gasteiger partial charge in [0.1, 0.15) is 19.3 Å². The Hall–Kier alpha value is -2.55. The van der Waals surface area contributed by atoms with Crippen LogP contribution < -0.4 is 10.2 Å². The number of nitrogens with one attached hydrogen (secondary N) is 1. The Balaban J connectivity index is 5.02. The Labute approximate surface area is 514 Å². The number of carbonyl (C=O) groups excluding carboxylic acids is 2. The Morgan fingerprint density at radius 3 is 1.13 bits per heavy atom. The molecule has 0 aromatic carbocycles. The van der Waals surface area contributed by atoms with E-state index in [-0.39, 0.29) is 24.9 Å². The van der Waals surface area contributed by atoms with Crippen LogP contribution in [0.1, 0.15) is 329 Å². The molecule has 9 nitrogen and oxygen atoms in total. The highest BCUT2D eigenvalue weighted by Crippen LogP contribution is 2.38. The van der Waals surface area contributed by atoms with Gasteiger partial charge in [-0.05, 0) is 102 Å². The lowest BCUT2D eigenvalue weighted by molar-refractivity contribution is -0.870. The molecule has 0 aliphatic rings. The fourth-order valence-corrected chi connectivity index (χ4v) is 10.9. The van der Waals surface area contributed by atoms with Crippen molar-refractivity contribution in [3.8, 4) is 0 Å². The number of allylic oxidation sites excluding steroid dienone is 11. The second-order valence-electron chi connectivity index (χ2n) is 25.0. The summed E-state index contributed by atoms with van der Waals surface area (Å²) in [5.41, 5.74) is 0. The Morgan fingerprint density at radius 2 is 0.735 bits per heavy atom. The molecule has 0 aliphatic heterocycles. The van der Waals surface area contributed by atoms with Crippen LogP contribution >= 0.6 is 7.82 Å². The van der Waals surface area contributed by atoms with Gasteiger partial charge in [-0.25, -0.2) is 0 Å². The molecule has 0 saturated heterocycles. The van der Waals surface area contributed by atoms with Crippen LogP contribution in [0.3, 0.4) is 0 Å². The number of rotatable bonds is 64. The highest BCUT2D eigenvalue weighted by Gasteiger charge is 2.27. The van der Waals surface area contributed by atoms with Gasteiger partial charge in [0.05, 0.1) is 33.8 Å². The molecular weight excluding hydrogens is 1050 g/mol. The maximum atomic E-state index is 13.6. The van der Waals surface area contributed by atoms with E-state index in [9.17, 15) is 19.0 Å². The van der Waals surface area contributed by atoms with Crippen LogP contribution in [0.25, 0.3) is 0 Å². The van der Waals surface area contributed by atoms with Crippen LogP contribution in [0.15, 0.2) is 72.9 Å². The second kappa shape index (κ2) is 62.5. The Bertz CT molecular complexity index is 1650. The van der Waals surface area contributed by atoms with Crippen molar-refractivity contribution in [2.45, 2.75) is 341 Å². The number of nitrogens with zero attached hydrogens (tertiary/aromatic N) is 1. The van der Waals surface area contributed by atoms with E-state index in [1.165, 1.54) is 218 Å². The molecule has 83 heavy (non-hydrogen) atoms. The minimum absolute atomic E-state index is 0.0242. The number of likely N-dealkylation sites (N-methyl/N-ethyl adjacent to an activating group) is 1. The Kier molecular flexibility index (Phi) is 60.6. The number of hydrogen-bond acceptors (Lipinski definition) is 7. The van der Waals surface area contributed by atoms with E-state index in [1.54, 1.807) is 0 Å². The van der Waals surface area contributed by atoms with E-state index < -0.39 is 26.6 Å². The van der Waals surface area contributed by atoms with E-state index in [0.29, 0.717) is 17.4 Å². The van der Waals surface area contributed by atoms with Crippen LogP contribution in [0.5, 0.6) is 0 Å². The van der Waals surface area contributed by atoms with Crippen molar-refractivity contribution in [3.05, 3.63) is 72.9 Å². The van der Waals surface area contributed by atoms with Crippen molar-refractivity contribution < 1.29 is 37.3 Å². The standard InChI is InChI=1S/C73H135N2O7P/c1-7-10-13-16-19-22-25-27-29-31-33-34-35-36-37-38-39-40-42-44-46-48-51-54-57-60-63-66-73(77)82-71(64-61-58-55-52-49-24-21-18-15-12-9-3)70(69-81-83(78,79)80-68-67-75(4,5)6)74-72(76)65-62-59-56-53-50-47-45-43-41-32-30-28-26-23-20-17-14-11-8-2/h19,22,27-30,33-34,36-37,61,64,70-71H,7-18,20-21,23-26,31-32,35,38-60,62-63,65-69H2,1-6H3,(H-,74,76,78,79)/b22-19-,29-27-,30-28+,34-33-,37-36-,64-61-. The first-order chi connectivity index (χ1) is 40.4. The maximum absolute atomic E-state index is 13.6. The zero-order valence-corrected chi connectivity index (χ0v) is 56.3. The zero-order chi connectivity index (χ0) is 60.7. The largest absolute Gasteiger partial charge is 0.756 e. The van der Waals surface area contributed by atoms with E-state index in [4.69, 9.17) is 13.8 Å². The van der Waals surface area contributed by atoms with Gasteiger partial charge in [-0.3, -0.25) is 14.2 Å². The minimum Gasteiger partial charge on any atom is -0.756 e. The summed E-state index contributed by atoms with van der Waals surface area (Å²) in [6.07, 6.45) is 81.6. The summed E-state index contributed by atoms with van der Waals surface area (Å²) in [5.74, 6) is -0.539. The number of phosphoric ester groups is 1. The van der Waals surface area contributed by atoms with Crippen LogP contribution in [-0.4, -0.2) is 69.4 Å². The molecule has 0 aliphatic carbocycles. The number of esters is 1. The van der Waals surface area contributed by atoms with Gasteiger partial charge in [0.2, 0.25) is 5.91 Å². The summed E-state index contributed by atoms with van der Waals surface area (Å²) in [7, 11) is 1.19. The molecule has 0 aromatic heterocycles. The van der Waals surface area contributed by atoms with Crippen LogP contribution in [0.2, 0.25) is 0 Å².